The van der Waals surface area contributed by atoms with Gasteiger partial charge < -0.3 is 14.8 Å². The first kappa shape index (κ1) is 9.33. The van der Waals surface area contributed by atoms with Crippen LogP contribution in [0.25, 0.3) is 0 Å². The number of ether oxygens (including phenoxy) is 2. The molecule has 0 saturated heterocycles. The zero-order valence-corrected chi connectivity index (χ0v) is 9.05. The molecule has 5 heteroatoms. The fourth-order valence-electron chi connectivity index (χ4n) is 1.25. The van der Waals surface area contributed by atoms with Gasteiger partial charge in [-0.15, -0.1) is 0 Å². The largest absolute Gasteiger partial charge is 0.497 e. The lowest BCUT2D eigenvalue weighted by molar-refractivity contribution is -0.118. The van der Waals surface area contributed by atoms with Gasteiger partial charge in [0.1, 0.15) is 5.75 Å². The Morgan fingerprint density at radius 1 is 1.57 bits per heavy atom. The zero-order chi connectivity index (χ0) is 10.1. The summed E-state index contributed by atoms with van der Waals surface area (Å²) in [6.07, 6.45) is 0. The van der Waals surface area contributed by atoms with Crippen molar-refractivity contribution in [1.29, 1.82) is 0 Å². The molecule has 1 aromatic rings. The first-order valence-electron chi connectivity index (χ1n) is 4.01. The smallest absolute Gasteiger partial charge is 0.262 e. The summed E-state index contributed by atoms with van der Waals surface area (Å²) in [4.78, 5) is 11.0. The molecule has 1 heterocycles. The van der Waals surface area contributed by atoms with Crippen molar-refractivity contribution in [2.24, 2.45) is 0 Å². The maximum atomic E-state index is 11.0. The molecule has 14 heavy (non-hydrogen) atoms. The van der Waals surface area contributed by atoms with Gasteiger partial charge in [-0.05, 0) is 22.0 Å². The molecular weight excluding hydrogens is 250 g/mol. The van der Waals surface area contributed by atoms with Gasteiger partial charge in [-0.25, -0.2) is 0 Å². The summed E-state index contributed by atoms with van der Waals surface area (Å²) in [6.45, 7) is 0.0535. The molecule has 0 saturated carbocycles. The topological polar surface area (TPSA) is 47.6 Å². The lowest BCUT2D eigenvalue weighted by Gasteiger charge is -2.19. The number of hydrogen-bond acceptors (Lipinski definition) is 3. The number of rotatable bonds is 1. The minimum Gasteiger partial charge on any atom is -0.497 e. The van der Waals surface area contributed by atoms with Crippen LogP contribution < -0.4 is 14.8 Å². The van der Waals surface area contributed by atoms with Crippen LogP contribution in [-0.2, 0) is 4.79 Å². The van der Waals surface area contributed by atoms with Crippen LogP contribution in [0.2, 0.25) is 0 Å². The molecule has 0 radical (unpaired) electrons. The van der Waals surface area contributed by atoms with Crippen LogP contribution in [0.4, 0.5) is 5.69 Å². The Morgan fingerprint density at radius 3 is 3.07 bits per heavy atom. The number of benzene rings is 1. The normalized spacial score (nSPS) is 14.0. The number of hydrogen-bond donors (Lipinski definition) is 1. The quantitative estimate of drug-likeness (QED) is 0.835. The van der Waals surface area contributed by atoms with Gasteiger partial charge in [-0.3, -0.25) is 4.79 Å². The average Bonchev–Trinajstić information content (AvgIpc) is 2.16. The first-order chi connectivity index (χ1) is 6.70. The Kier molecular flexibility index (Phi) is 2.33. The molecule has 2 rings (SSSR count). The van der Waals surface area contributed by atoms with E-state index >= 15 is 0 Å². The highest BCUT2D eigenvalue weighted by atomic mass is 79.9. The highest BCUT2D eigenvalue weighted by Gasteiger charge is 2.19. The van der Waals surface area contributed by atoms with Crippen LogP contribution in [0.5, 0.6) is 11.5 Å². The molecule has 1 aliphatic rings. The predicted molar refractivity (Wildman–Crippen MR) is 54.8 cm³/mol. The van der Waals surface area contributed by atoms with Crippen molar-refractivity contribution < 1.29 is 14.3 Å². The van der Waals surface area contributed by atoms with Gasteiger partial charge in [-0.1, -0.05) is 0 Å². The van der Waals surface area contributed by atoms with Crippen LogP contribution in [0.1, 0.15) is 0 Å². The summed E-state index contributed by atoms with van der Waals surface area (Å²) >= 11 is 3.34. The number of fused-ring (bicyclic) bond motifs is 1. The molecule has 0 spiro atoms. The van der Waals surface area contributed by atoms with E-state index in [9.17, 15) is 4.79 Å². The van der Waals surface area contributed by atoms with Crippen molar-refractivity contribution in [3.63, 3.8) is 0 Å². The number of halogens is 1. The maximum Gasteiger partial charge on any atom is 0.262 e. The lowest BCUT2D eigenvalue weighted by Crippen LogP contribution is -2.25. The monoisotopic (exact) mass is 257 g/mol. The Morgan fingerprint density at radius 2 is 2.36 bits per heavy atom. The van der Waals surface area contributed by atoms with Gasteiger partial charge in [0.2, 0.25) is 0 Å². The zero-order valence-electron chi connectivity index (χ0n) is 7.46. The van der Waals surface area contributed by atoms with Crippen LogP contribution in [0.3, 0.4) is 0 Å². The van der Waals surface area contributed by atoms with Gasteiger partial charge in [-0.2, -0.15) is 0 Å². The SMILES string of the molecule is COc1cc(Br)c2c(c1)NC(=O)CO2. The number of nitrogens with one attached hydrogen (secondary N) is 1. The molecule has 1 amide bonds. The van der Waals surface area contributed by atoms with Crippen LogP contribution in [0, 0.1) is 0 Å². The third-order valence-electron chi connectivity index (χ3n) is 1.87. The van der Waals surface area contributed by atoms with Gasteiger partial charge in [0.05, 0.1) is 17.3 Å². The van der Waals surface area contributed by atoms with Crippen molar-refractivity contribution in [3.05, 3.63) is 16.6 Å². The van der Waals surface area contributed by atoms with Crippen LogP contribution >= 0.6 is 15.9 Å². The Hall–Kier alpha value is -1.23. The Labute approximate surface area is 89.3 Å². The maximum absolute atomic E-state index is 11.0. The summed E-state index contributed by atoms with van der Waals surface area (Å²) < 4.78 is 11.1. The molecule has 1 N–H and O–H groups in total. The Bertz CT molecular complexity index is 392. The minimum absolute atomic E-state index is 0.0535. The summed E-state index contributed by atoms with van der Waals surface area (Å²) in [6, 6.07) is 3.51. The Balaban J connectivity index is 2.48. The molecule has 0 aromatic heterocycles. The van der Waals surface area contributed by atoms with Crippen LogP contribution in [-0.4, -0.2) is 19.6 Å². The summed E-state index contributed by atoms with van der Waals surface area (Å²) in [5, 5.41) is 2.70. The molecule has 1 aliphatic heterocycles. The first-order valence-corrected chi connectivity index (χ1v) is 4.80. The van der Waals surface area contributed by atoms with Crippen molar-refractivity contribution in [2.45, 2.75) is 0 Å². The standard InChI is InChI=1S/C9H8BrNO3/c1-13-5-2-6(10)9-7(3-5)11-8(12)4-14-9/h2-3H,4H2,1H3,(H,11,12). The van der Waals surface area contributed by atoms with E-state index in [0.717, 1.165) is 4.47 Å². The van der Waals surface area contributed by atoms with Gasteiger partial charge in [0, 0.05) is 6.07 Å². The van der Waals surface area contributed by atoms with E-state index in [1.807, 2.05) is 0 Å². The van der Waals surface area contributed by atoms with Crippen molar-refractivity contribution in [1.82, 2.24) is 0 Å². The van der Waals surface area contributed by atoms with Crippen molar-refractivity contribution in [2.75, 3.05) is 19.0 Å². The molecule has 0 atom stereocenters. The van der Waals surface area contributed by atoms with E-state index in [0.29, 0.717) is 17.2 Å². The average molecular weight is 258 g/mol. The number of carbonyl (C=O) groups excluding carboxylic acids is 1. The molecule has 4 nitrogen and oxygen atoms in total. The fourth-order valence-corrected chi connectivity index (χ4v) is 1.80. The highest BCUT2D eigenvalue weighted by Crippen LogP contribution is 2.38. The number of methoxy groups -OCH3 is 1. The van der Waals surface area contributed by atoms with E-state index in [4.69, 9.17) is 9.47 Å². The van der Waals surface area contributed by atoms with E-state index in [1.54, 1.807) is 19.2 Å². The molecule has 0 unspecified atom stereocenters. The van der Waals surface area contributed by atoms with Crippen molar-refractivity contribution >= 4 is 27.5 Å². The molecular formula is C9H8BrNO3. The van der Waals surface area contributed by atoms with Crippen LogP contribution in [0.15, 0.2) is 16.6 Å². The van der Waals surface area contributed by atoms with E-state index in [-0.39, 0.29) is 12.5 Å². The van der Waals surface area contributed by atoms with E-state index in [1.165, 1.54) is 0 Å². The predicted octanol–water partition coefficient (Wildman–Crippen LogP) is 1.79. The molecule has 0 fully saturated rings. The summed E-state index contributed by atoms with van der Waals surface area (Å²) in [5.41, 5.74) is 0.632. The number of carbonyl (C=O) groups is 1. The summed E-state index contributed by atoms with van der Waals surface area (Å²) in [5.74, 6) is 1.16. The van der Waals surface area contributed by atoms with Crippen molar-refractivity contribution in [3.8, 4) is 11.5 Å². The molecule has 0 aliphatic carbocycles. The third-order valence-corrected chi connectivity index (χ3v) is 2.46. The van der Waals surface area contributed by atoms with Gasteiger partial charge >= 0.3 is 0 Å². The second kappa shape index (κ2) is 3.49. The van der Waals surface area contributed by atoms with E-state index in [2.05, 4.69) is 21.2 Å². The fraction of sp³-hybridized carbons (Fsp3) is 0.222. The highest BCUT2D eigenvalue weighted by molar-refractivity contribution is 9.10. The number of amides is 1. The van der Waals surface area contributed by atoms with Gasteiger partial charge in [0.25, 0.3) is 5.91 Å². The second-order valence-corrected chi connectivity index (χ2v) is 3.68. The number of anilines is 1. The lowest BCUT2D eigenvalue weighted by atomic mass is 10.2. The summed E-state index contributed by atoms with van der Waals surface area (Å²) in [7, 11) is 1.57. The third kappa shape index (κ3) is 1.55. The minimum atomic E-state index is -0.155. The van der Waals surface area contributed by atoms with Gasteiger partial charge in [0.15, 0.2) is 12.4 Å². The molecule has 1 aromatic carbocycles. The molecule has 74 valence electrons. The van der Waals surface area contributed by atoms with E-state index < -0.39 is 0 Å². The molecule has 0 bridgehead atoms. The second-order valence-electron chi connectivity index (χ2n) is 2.82.